The number of hydrogen-bond donors (Lipinski definition) is 1. The summed E-state index contributed by atoms with van der Waals surface area (Å²) < 4.78 is 0. The molecular weight excluding hydrogens is 250 g/mol. The van der Waals surface area contributed by atoms with Gasteiger partial charge in [0.05, 0.1) is 6.42 Å². The molecule has 0 saturated carbocycles. The minimum absolute atomic E-state index is 0.0334. The van der Waals surface area contributed by atoms with Crippen LogP contribution in [0.4, 0.5) is 0 Å². The summed E-state index contributed by atoms with van der Waals surface area (Å²) in [7, 11) is 1.61. The molecule has 0 aromatic heterocycles. The molecule has 1 aromatic carbocycles. The first-order chi connectivity index (χ1) is 9.48. The van der Waals surface area contributed by atoms with E-state index in [9.17, 15) is 4.79 Å². The molecule has 0 saturated heterocycles. The van der Waals surface area contributed by atoms with Crippen LogP contribution in [0.3, 0.4) is 0 Å². The maximum atomic E-state index is 12.0. The lowest BCUT2D eigenvalue weighted by Gasteiger charge is -2.36. The number of carbonyl (C=O) groups is 1. The largest absolute Gasteiger partial charge is 0.369 e. The average molecular weight is 269 g/mol. The highest BCUT2D eigenvalue weighted by atomic mass is 16.2. The highest BCUT2D eigenvalue weighted by molar-refractivity contribution is 5.99. The van der Waals surface area contributed by atoms with Crippen molar-refractivity contribution in [3.8, 4) is 12.3 Å². The SMILES string of the molecule is C#CC1(C(C)Cc2ccccc2)CC(=O)N(C)C(N)=N1. The van der Waals surface area contributed by atoms with E-state index in [0.29, 0.717) is 0 Å². The van der Waals surface area contributed by atoms with Gasteiger partial charge < -0.3 is 5.73 Å². The lowest BCUT2D eigenvalue weighted by molar-refractivity contribution is -0.128. The van der Waals surface area contributed by atoms with E-state index in [4.69, 9.17) is 12.2 Å². The molecule has 2 atom stereocenters. The van der Waals surface area contributed by atoms with Crippen molar-refractivity contribution in [2.45, 2.75) is 25.3 Å². The smallest absolute Gasteiger partial charge is 0.232 e. The summed E-state index contributed by atoms with van der Waals surface area (Å²) in [5.41, 5.74) is 6.14. The summed E-state index contributed by atoms with van der Waals surface area (Å²) in [6.45, 7) is 2.02. The molecule has 0 radical (unpaired) electrons. The van der Waals surface area contributed by atoms with Gasteiger partial charge in [-0.25, -0.2) is 4.99 Å². The molecule has 104 valence electrons. The number of guanidine groups is 1. The number of benzene rings is 1. The van der Waals surface area contributed by atoms with Crippen LogP contribution in [0.15, 0.2) is 35.3 Å². The van der Waals surface area contributed by atoms with Crippen LogP contribution in [0, 0.1) is 18.3 Å². The third-order valence-corrected chi connectivity index (χ3v) is 3.90. The van der Waals surface area contributed by atoms with Crippen LogP contribution in [0.1, 0.15) is 18.9 Å². The molecule has 1 heterocycles. The highest BCUT2D eigenvalue weighted by Crippen LogP contribution is 2.31. The standard InChI is InChI=1S/C16H19N3O/c1-4-16(11-14(20)19(3)15(17)18-16)12(2)10-13-8-6-5-7-9-13/h1,5-9,12H,10-11H2,2-3H3,(H2,17,18). The lowest BCUT2D eigenvalue weighted by Crippen LogP contribution is -2.51. The van der Waals surface area contributed by atoms with Gasteiger partial charge in [-0.15, -0.1) is 6.42 Å². The van der Waals surface area contributed by atoms with Crippen LogP contribution < -0.4 is 5.73 Å². The van der Waals surface area contributed by atoms with Gasteiger partial charge in [0.15, 0.2) is 5.96 Å². The molecular formula is C16H19N3O. The summed E-state index contributed by atoms with van der Waals surface area (Å²) in [6, 6.07) is 10.0. The maximum absolute atomic E-state index is 12.0. The Bertz CT molecular complexity index is 573. The number of amides is 1. The summed E-state index contributed by atoms with van der Waals surface area (Å²) in [5.74, 6) is 2.84. The number of terminal acetylenes is 1. The second kappa shape index (κ2) is 5.38. The van der Waals surface area contributed by atoms with Crippen LogP contribution in [-0.2, 0) is 11.2 Å². The van der Waals surface area contributed by atoms with Crippen molar-refractivity contribution in [2.75, 3.05) is 7.05 Å². The van der Waals surface area contributed by atoms with Crippen molar-refractivity contribution in [1.29, 1.82) is 0 Å². The van der Waals surface area contributed by atoms with Gasteiger partial charge in [0.25, 0.3) is 0 Å². The summed E-state index contributed by atoms with van der Waals surface area (Å²) in [6.07, 6.45) is 6.65. The minimum atomic E-state index is -0.844. The Morgan fingerprint density at radius 1 is 1.50 bits per heavy atom. The number of carbonyl (C=O) groups excluding carboxylic acids is 1. The van der Waals surface area contributed by atoms with E-state index in [1.807, 2.05) is 37.3 Å². The lowest BCUT2D eigenvalue weighted by atomic mass is 9.78. The summed E-state index contributed by atoms with van der Waals surface area (Å²) in [5, 5.41) is 0. The van der Waals surface area contributed by atoms with Crippen LogP contribution >= 0.6 is 0 Å². The van der Waals surface area contributed by atoms with E-state index < -0.39 is 5.54 Å². The molecule has 0 aliphatic carbocycles. The van der Waals surface area contributed by atoms with Crippen molar-refractivity contribution in [1.82, 2.24) is 4.90 Å². The first-order valence-corrected chi connectivity index (χ1v) is 6.62. The number of hydrogen-bond acceptors (Lipinski definition) is 3. The number of rotatable bonds is 3. The summed E-state index contributed by atoms with van der Waals surface area (Å²) in [4.78, 5) is 17.8. The molecule has 2 N–H and O–H groups in total. The molecule has 1 amide bonds. The minimum Gasteiger partial charge on any atom is -0.369 e. The van der Waals surface area contributed by atoms with Crippen LogP contribution in [0.2, 0.25) is 0 Å². The molecule has 2 unspecified atom stereocenters. The van der Waals surface area contributed by atoms with Gasteiger partial charge in [-0.1, -0.05) is 43.2 Å². The molecule has 4 heteroatoms. The highest BCUT2D eigenvalue weighted by Gasteiger charge is 2.41. The Kier molecular flexibility index (Phi) is 3.80. The van der Waals surface area contributed by atoms with Crippen molar-refractivity contribution >= 4 is 11.9 Å². The maximum Gasteiger partial charge on any atom is 0.232 e. The predicted octanol–water partition coefficient (Wildman–Crippen LogP) is 1.41. The number of nitrogens with two attached hydrogens (primary N) is 1. The normalized spacial score (nSPS) is 23.9. The molecule has 1 aromatic rings. The summed E-state index contributed by atoms with van der Waals surface area (Å²) >= 11 is 0. The van der Waals surface area contributed by atoms with E-state index in [1.54, 1.807) is 7.05 Å². The fraction of sp³-hybridized carbons (Fsp3) is 0.375. The van der Waals surface area contributed by atoms with Crippen molar-refractivity contribution in [3.63, 3.8) is 0 Å². The molecule has 0 fully saturated rings. The van der Waals surface area contributed by atoms with Crippen molar-refractivity contribution in [2.24, 2.45) is 16.6 Å². The fourth-order valence-electron chi connectivity index (χ4n) is 2.44. The van der Waals surface area contributed by atoms with Crippen molar-refractivity contribution in [3.05, 3.63) is 35.9 Å². The Hall–Kier alpha value is -2.28. The van der Waals surface area contributed by atoms with E-state index in [2.05, 4.69) is 10.9 Å². The number of aliphatic imine (C=N–C) groups is 1. The third kappa shape index (κ3) is 2.53. The van der Waals surface area contributed by atoms with E-state index >= 15 is 0 Å². The van der Waals surface area contributed by atoms with Crippen LogP contribution in [0.25, 0.3) is 0 Å². The molecule has 1 aliphatic heterocycles. The average Bonchev–Trinajstić information content (AvgIpc) is 2.45. The second-order valence-corrected chi connectivity index (χ2v) is 5.26. The molecule has 20 heavy (non-hydrogen) atoms. The molecule has 0 bridgehead atoms. The van der Waals surface area contributed by atoms with E-state index in [-0.39, 0.29) is 24.2 Å². The van der Waals surface area contributed by atoms with Crippen molar-refractivity contribution < 1.29 is 4.79 Å². The zero-order valence-electron chi connectivity index (χ0n) is 11.8. The van der Waals surface area contributed by atoms with Crippen LogP contribution in [0.5, 0.6) is 0 Å². The fourth-order valence-corrected chi connectivity index (χ4v) is 2.44. The van der Waals surface area contributed by atoms with Gasteiger partial charge in [-0.05, 0) is 17.9 Å². The number of nitrogens with zero attached hydrogens (tertiary/aromatic N) is 2. The predicted molar refractivity (Wildman–Crippen MR) is 79.9 cm³/mol. The zero-order chi connectivity index (χ0) is 14.8. The van der Waals surface area contributed by atoms with E-state index in [1.165, 1.54) is 10.5 Å². The quantitative estimate of drug-likeness (QED) is 0.844. The van der Waals surface area contributed by atoms with Gasteiger partial charge in [-0.3, -0.25) is 9.69 Å². The first-order valence-electron chi connectivity index (χ1n) is 6.62. The molecule has 1 aliphatic rings. The third-order valence-electron chi connectivity index (χ3n) is 3.90. The molecule has 4 nitrogen and oxygen atoms in total. The first kappa shape index (κ1) is 14.1. The Morgan fingerprint density at radius 2 is 2.15 bits per heavy atom. The topological polar surface area (TPSA) is 58.7 Å². The zero-order valence-corrected chi connectivity index (χ0v) is 11.8. The Morgan fingerprint density at radius 3 is 2.70 bits per heavy atom. The van der Waals surface area contributed by atoms with Gasteiger partial charge in [0.2, 0.25) is 5.91 Å². The molecule has 2 rings (SSSR count). The van der Waals surface area contributed by atoms with Gasteiger partial charge in [0, 0.05) is 7.05 Å². The Balaban J connectivity index is 2.28. The molecule has 0 spiro atoms. The van der Waals surface area contributed by atoms with Gasteiger partial charge in [0.1, 0.15) is 5.54 Å². The second-order valence-electron chi connectivity index (χ2n) is 5.26. The van der Waals surface area contributed by atoms with Crippen LogP contribution in [-0.4, -0.2) is 29.4 Å². The van der Waals surface area contributed by atoms with E-state index in [0.717, 1.165) is 6.42 Å². The monoisotopic (exact) mass is 269 g/mol. The Labute approximate surface area is 119 Å². The van der Waals surface area contributed by atoms with Gasteiger partial charge in [-0.2, -0.15) is 0 Å². The van der Waals surface area contributed by atoms with Gasteiger partial charge >= 0.3 is 0 Å².